The molecular formula is C18H19N5O2. The molecule has 1 unspecified atom stereocenters. The van der Waals surface area contributed by atoms with Crippen LogP contribution in [0.4, 0.5) is 0 Å². The van der Waals surface area contributed by atoms with Gasteiger partial charge in [-0.1, -0.05) is 6.07 Å². The fourth-order valence-corrected chi connectivity index (χ4v) is 2.99. The van der Waals surface area contributed by atoms with Crippen molar-refractivity contribution in [2.45, 2.75) is 19.5 Å². The number of carbonyl (C=O) groups is 2. The summed E-state index contributed by atoms with van der Waals surface area (Å²) in [6, 6.07) is 8.47. The maximum atomic E-state index is 12.8. The van der Waals surface area contributed by atoms with Crippen molar-refractivity contribution in [2.75, 3.05) is 20.6 Å². The molecule has 25 heavy (non-hydrogen) atoms. The van der Waals surface area contributed by atoms with E-state index in [-0.39, 0.29) is 17.9 Å². The van der Waals surface area contributed by atoms with E-state index in [0.29, 0.717) is 35.7 Å². The first-order chi connectivity index (χ1) is 11.9. The van der Waals surface area contributed by atoms with Crippen LogP contribution in [-0.2, 0) is 6.54 Å². The largest absolute Gasteiger partial charge is 0.343 e. The van der Waals surface area contributed by atoms with Crippen molar-refractivity contribution in [3.63, 3.8) is 0 Å². The van der Waals surface area contributed by atoms with Crippen molar-refractivity contribution in [1.29, 1.82) is 5.26 Å². The molecule has 1 aromatic carbocycles. The van der Waals surface area contributed by atoms with Gasteiger partial charge in [0.05, 0.1) is 17.7 Å². The number of nitriles is 1. The number of benzene rings is 1. The maximum Gasteiger partial charge on any atom is 0.273 e. The van der Waals surface area contributed by atoms with Crippen molar-refractivity contribution in [3.8, 4) is 6.07 Å². The Labute approximate surface area is 146 Å². The Balaban J connectivity index is 1.88. The number of fused-ring (bicyclic) bond motifs is 1. The van der Waals surface area contributed by atoms with Gasteiger partial charge in [-0.3, -0.25) is 9.59 Å². The molecule has 2 amide bonds. The number of amides is 2. The third kappa shape index (κ3) is 2.98. The zero-order valence-electron chi connectivity index (χ0n) is 14.4. The monoisotopic (exact) mass is 337 g/mol. The number of hydrogen-bond donors (Lipinski definition) is 0. The molecule has 128 valence electrons. The van der Waals surface area contributed by atoms with Gasteiger partial charge in [-0.2, -0.15) is 5.26 Å². The highest BCUT2D eigenvalue weighted by atomic mass is 16.2. The first-order valence-corrected chi connectivity index (χ1v) is 8.02. The van der Waals surface area contributed by atoms with Gasteiger partial charge in [0.1, 0.15) is 11.5 Å². The third-order valence-electron chi connectivity index (χ3n) is 4.36. The molecule has 0 saturated carbocycles. The van der Waals surface area contributed by atoms with E-state index in [1.165, 1.54) is 4.90 Å². The van der Waals surface area contributed by atoms with Crippen molar-refractivity contribution in [1.82, 2.24) is 19.4 Å². The molecule has 7 nitrogen and oxygen atoms in total. The van der Waals surface area contributed by atoms with Crippen molar-refractivity contribution in [3.05, 3.63) is 53.1 Å². The number of imidazole rings is 1. The van der Waals surface area contributed by atoms with E-state index in [1.54, 1.807) is 49.5 Å². The van der Waals surface area contributed by atoms with Crippen LogP contribution in [0.3, 0.4) is 0 Å². The summed E-state index contributed by atoms with van der Waals surface area (Å²) in [4.78, 5) is 32.6. The minimum absolute atomic E-state index is 0.140. The molecule has 0 spiro atoms. The second kappa shape index (κ2) is 6.40. The Morgan fingerprint density at radius 3 is 2.76 bits per heavy atom. The lowest BCUT2D eigenvalue weighted by atomic mass is 10.1. The molecule has 1 atom stereocenters. The summed E-state index contributed by atoms with van der Waals surface area (Å²) in [5.41, 5.74) is 1.32. The van der Waals surface area contributed by atoms with Crippen LogP contribution < -0.4 is 0 Å². The predicted octanol–water partition coefficient (Wildman–Crippen LogP) is 1.67. The Morgan fingerprint density at radius 2 is 2.08 bits per heavy atom. The predicted molar refractivity (Wildman–Crippen MR) is 90.9 cm³/mol. The first kappa shape index (κ1) is 16.7. The molecule has 0 aliphatic carbocycles. The van der Waals surface area contributed by atoms with Gasteiger partial charge >= 0.3 is 0 Å². The zero-order valence-corrected chi connectivity index (χ0v) is 14.4. The highest BCUT2D eigenvalue weighted by Crippen LogP contribution is 2.26. The Morgan fingerprint density at radius 1 is 1.32 bits per heavy atom. The zero-order chi connectivity index (χ0) is 18.1. The normalized spacial score (nSPS) is 16.1. The molecule has 2 heterocycles. The minimum atomic E-state index is -0.254. The standard InChI is InChI=1S/C18H19N5O2/c1-12-16-20-15(18(25)21(2)3)11-22(16)7-8-23(12)17(24)14-6-4-5-13(9-14)10-19/h4-6,9,11-12H,7-8H2,1-3H3. The van der Waals surface area contributed by atoms with E-state index in [9.17, 15) is 9.59 Å². The Bertz CT molecular complexity index is 878. The maximum absolute atomic E-state index is 12.8. The van der Waals surface area contributed by atoms with Crippen LogP contribution in [0.25, 0.3) is 0 Å². The molecule has 7 heteroatoms. The molecule has 0 radical (unpaired) electrons. The molecule has 0 bridgehead atoms. The van der Waals surface area contributed by atoms with Gasteiger partial charge in [0.15, 0.2) is 0 Å². The van der Waals surface area contributed by atoms with E-state index in [1.807, 2.05) is 17.6 Å². The third-order valence-corrected chi connectivity index (χ3v) is 4.36. The fraction of sp³-hybridized carbons (Fsp3) is 0.333. The van der Waals surface area contributed by atoms with Crippen LogP contribution in [-0.4, -0.2) is 51.8 Å². The molecule has 2 aromatic rings. The van der Waals surface area contributed by atoms with Crippen molar-refractivity contribution < 1.29 is 9.59 Å². The number of hydrogen-bond acceptors (Lipinski definition) is 4. The van der Waals surface area contributed by atoms with Gasteiger partial charge in [-0.15, -0.1) is 0 Å². The molecule has 0 saturated heterocycles. The van der Waals surface area contributed by atoms with Gasteiger partial charge in [0.25, 0.3) is 11.8 Å². The van der Waals surface area contributed by atoms with Crippen molar-refractivity contribution in [2.24, 2.45) is 0 Å². The minimum Gasteiger partial charge on any atom is -0.343 e. The summed E-state index contributed by atoms with van der Waals surface area (Å²) in [6.07, 6.45) is 1.74. The van der Waals surface area contributed by atoms with Gasteiger partial charge in [-0.25, -0.2) is 4.98 Å². The van der Waals surface area contributed by atoms with Crippen LogP contribution in [0, 0.1) is 11.3 Å². The van der Waals surface area contributed by atoms with Gasteiger partial charge in [0, 0.05) is 38.9 Å². The second-order valence-electron chi connectivity index (χ2n) is 6.24. The lowest BCUT2D eigenvalue weighted by molar-refractivity contribution is 0.0638. The molecule has 1 aliphatic rings. The molecule has 3 rings (SSSR count). The van der Waals surface area contributed by atoms with E-state index >= 15 is 0 Å². The summed E-state index contributed by atoms with van der Waals surface area (Å²) >= 11 is 0. The molecular weight excluding hydrogens is 318 g/mol. The SMILES string of the molecule is CC1c2nc(C(=O)N(C)C)cn2CCN1C(=O)c1cccc(C#N)c1. The van der Waals surface area contributed by atoms with Crippen LogP contribution in [0.5, 0.6) is 0 Å². The van der Waals surface area contributed by atoms with Gasteiger partial charge < -0.3 is 14.4 Å². The van der Waals surface area contributed by atoms with E-state index in [4.69, 9.17) is 5.26 Å². The Hall–Kier alpha value is -3.14. The molecule has 1 aliphatic heterocycles. The first-order valence-electron chi connectivity index (χ1n) is 8.02. The fourth-order valence-electron chi connectivity index (χ4n) is 2.99. The van der Waals surface area contributed by atoms with Gasteiger partial charge in [0.2, 0.25) is 0 Å². The van der Waals surface area contributed by atoms with Crippen LogP contribution in [0.15, 0.2) is 30.5 Å². The van der Waals surface area contributed by atoms with E-state index < -0.39 is 0 Å². The lowest BCUT2D eigenvalue weighted by Crippen LogP contribution is -2.41. The lowest BCUT2D eigenvalue weighted by Gasteiger charge is -2.33. The molecule has 1 aromatic heterocycles. The average molecular weight is 337 g/mol. The topological polar surface area (TPSA) is 82.2 Å². The second-order valence-corrected chi connectivity index (χ2v) is 6.24. The van der Waals surface area contributed by atoms with Crippen LogP contribution >= 0.6 is 0 Å². The van der Waals surface area contributed by atoms with Crippen LogP contribution in [0.2, 0.25) is 0 Å². The number of rotatable bonds is 2. The smallest absolute Gasteiger partial charge is 0.273 e. The quantitative estimate of drug-likeness (QED) is 0.835. The number of aromatic nitrogens is 2. The summed E-state index contributed by atoms with van der Waals surface area (Å²) in [5, 5.41) is 9.01. The Kier molecular flexibility index (Phi) is 4.28. The van der Waals surface area contributed by atoms with Crippen molar-refractivity contribution >= 4 is 11.8 Å². The number of carbonyl (C=O) groups excluding carboxylic acids is 2. The summed E-state index contributed by atoms with van der Waals surface area (Å²) < 4.78 is 1.93. The van der Waals surface area contributed by atoms with Gasteiger partial charge in [-0.05, 0) is 25.1 Å². The molecule has 0 fully saturated rings. The van der Waals surface area contributed by atoms with E-state index in [2.05, 4.69) is 4.98 Å². The van der Waals surface area contributed by atoms with Crippen LogP contribution in [0.1, 0.15) is 45.2 Å². The summed E-state index contributed by atoms with van der Waals surface area (Å²) in [7, 11) is 3.37. The number of nitrogens with zero attached hydrogens (tertiary/aromatic N) is 5. The highest BCUT2D eigenvalue weighted by molar-refractivity contribution is 5.95. The summed E-state index contributed by atoms with van der Waals surface area (Å²) in [6.45, 7) is 3.00. The highest BCUT2D eigenvalue weighted by Gasteiger charge is 2.31. The molecule has 0 N–H and O–H groups in total. The average Bonchev–Trinajstić information content (AvgIpc) is 3.06. The van der Waals surface area contributed by atoms with E-state index in [0.717, 1.165) is 0 Å². The summed E-state index contributed by atoms with van der Waals surface area (Å²) in [5.74, 6) is 0.397.